The molecule has 1 amide bonds. The van der Waals surface area contributed by atoms with E-state index in [4.69, 9.17) is 21.7 Å². The molecule has 1 N–H and O–H groups in total. The number of fused-ring (bicyclic) bond motifs is 2. The lowest BCUT2D eigenvalue weighted by atomic mass is 10.1. The standard InChI is InChI=1S/C25H22ClN5O2S/c1-3-22-29-31-23(27)19(24(32)28-25(31)34-22)13-16-14-30(21-7-5-4-6-18(16)21)10-11-33-17-8-9-20(26)15(2)12-17/h4-9,12-14,27H,3,10-11H2,1-2H3. The molecule has 0 saturated carbocycles. The van der Waals surface area contributed by atoms with Crippen LogP contribution in [0.15, 0.2) is 64.3 Å². The first-order valence-corrected chi connectivity index (χ1v) is 12.1. The molecule has 0 aliphatic carbocycles. The molecular formula is C25H22ClN5O2S. The second kappa shape index (κ2) is 9.12. The third-order valence-corrected chi connectivity index (χ3v) is 7.13. The Morgan fingerprint density at radius 2 is 2.06 bits per heavy atom. The lowest BCUT2D eigenvalue weighted by Gasteiger charge is -2.20. The second-order valence-corrected chi connectivity index (χ2v) is 9.37. The zero-order chi connectivity index (χ0) is 23.8. The van der Waals surface area contributed by atoms with Gasteiger partial charge in [-0.25, -0.2) is 0 Å². The number of halogens is 1. The molecule has 0 spiro atoms. The molecule has 0 unspecified atom stereocenters. The Bertz CT molecular complexity index is 1420. The summed E-state index contributed by atoms with van der Waals surface area (Å²) in [6.07, 6.45) is 4.44. The lowest BCUT2D eigenvalue weighted by molar-refractivity contribution is -0.114. The number of benzene rings is 2. The maximum Gasteiger partial charge on any atom is 0.283 e. The van der Waals surface area contributed by atoms with Crippen molar-refractivity contribution in [2.75, 3.05) is 6.61 Å². The number of aromatic nitrogens is 1. The number of carbonyl (C=O) groups excluding carboxylic acids is 1. The molecule has 34 heavy (non-hydrogen) atoms. The second-order valence-electron chi connectivity index (χ2n) is 7.92. The summed E-state index contributed by atoms with van der Waals surface area (Å²) in [6, 6.07) is 13.6. The number of hydrazone groups is 1. The molecule has 7 nitrogen and oxygen atoms in total. The van der Waals surface area contributed by atoms with Gasteiger partial charge in [0.1, 0.15) is 17.4 Å². The minimum atomic E-state index is -0.422. The van der Waals surface area contributed by atoms with Crippen LogP contribution in [0.2, 0.25) is 5.02 Å². The molecule has 3 heterocycles. The first kappa shape index (κ1) is 22.4. The fourth-order valence-corrected chi connectivity index (χ4v) is 4.82. The Balaban J connectivity index is 1.42. The van der Waals surface area contributed by atoms with Crippen molar-refractivity contribution in [3.05, 3.63) is 70.4 Å². The maximum absolute atomic E-state index is 12.7. The van der Waals surface area contributed by atoms with Gasteiger partial charge in [0.05, 0.1) is 12.1 Å². The van der Waals surface area contributed by atoms with Crippen LogP contribution in [0.5, 0.6) is 5.75 Å². The van der Waals surface area contributed by atoms with Crippen molar-refractivity contribution in [3.63, 3.8) is 0 Å². The summed E-state index contributed by atoms with van der Waals surface area (Å²) in [6.45, 7) is 5.02. The molecule has 2 aromatic carbocycles. The van der Waals surface area contributed by atoms with Crippen molar-refractivity contribution >= 4 is 62.3 Å². The van der Waals surface area contributed by atoms with E-state index in [0.29, 0.717) is 23.3 Å². The third kappa shape index (κ3) is 4.15. The Morgan fingerprint density at radius 3 is 2.85 bits per heavy atom. The first-order valence-electron chi connectivity index (χ1n) is 10.9. The quantitative estimate of drug-likeness (QED) is 0.447. The molecular weight excluding hydrogens is 470 g/mol. The Morgan fingerprint density at radius 1 is 1.24 bits per heavy atom. The maximum atomic E-state index is 12.7. The molecule has 0 fully saturated rings. The normalized spacial score (nSPS) is 16.8. The summed E-state index contributed by atoms with van der Waals surface area (Å²) in [5.74, 6) is 0.393. The molecule has 9 heteroatoms. The molecule has 0 radical (unpaired) electrons. The number of ether oxygens (including phenoxy) is 1. The molecule has 3 aromatic rings. The van der Waals surface area contributed by atoms with Crippen LogP contribution in [0.25, 0.3) is 17.0 Å². The van der Waals surface area contributed by atoms with Crippen molar-refractivity contribution in [1.29, 1.82) is 5.41 Å². The Hall–Kier alpha value is -3.36. The van der Waals surface area contributed by atoms with Gasteiger partial charge in [-0.2, -0.15) is 15.1 Å². The highest BCUT2D eigenvalue weighted by molar-refractivity contribution is 8.26. The number of carbonyl (C=O) groups is 1. The number of thioether (sulfide) groups is 1. The summed E-state index contributed by atoms with van der Waals surface area (Å²) >= 11 is 7.44. The molecule has 0 bridgehead atoms. The van der Waals surface area contributed by atoms with Crippen molar-refractivity contribution in [2.45, 2.75) is 26.8 Å². The van der Waals surface area contributed by atoms with Gasteiger partial charge in [0, 0.05) is 27.7 Å². The molecule has 0 atom stereocenters. The number of nitrogens with one attached hydrogen (secondary N) is 1. The SMILES string of the molecule is CCC1=NN2C(=N)C(=Cc3cn(CCOc4ccc(Cl)c(C)c4)c4ccccc34)C(=O)N=C2S1. The van der Waals surface area contributed by atoms with Crippen LogP contribution in [0, 0.1) is 12.3 Å². The van der Waals surface area contributed by atoms with Crippen molar-refractivity contribution in [2.24, 2.45) is 10.1 Å². The van der Waals surface area contributed by atoms with E-state index in [9.17, 15) is 4.79 Å². The molecule has 2 aliphatic rings. The third-order valence-electron chi connectivity index (χ3n) is 5.65. The largest absolute Gasteiger partial charge is 0.492 e. The zero-order valence-corrected chi connectivity index (χ0v) is 20.3. The minimum absolute atomic E-state index is 0.0456. The number of aryl methyl sites for hydroxylation is 1. The van der Waals surface area contributed by atoms with Crippen LogP contribution >= 0.6 is 23.4 Å². The van der Waals surface area contributed by atoms with Crippen molar-refractivity contribution in [1.82, 2.24) is 9.58 Å². The van der Waals surface area contributed by atoms with Crippen molar-refractivity contribution < 1.29 is 9.53 Å². The fourth-order valence-electron chi connectivity index (χ4n) is 3.87. The highest BCUT2D eigenvalue weighted by Gasteiger charge is 2.35. The predicted molar refractivity (Wildman–Crippen MR) is 139 cm³/mol. The van der Waals surface area contributed by atoms with Gasteiger partial charge in [-0.15, -0.1) is 0 Å². The number of para-hydroxylation sites is 1. The highest BCUT2D eigenvalue weighted by atomic mass is 35.5. The van der Waals surface area contributed by atoms with E-state index in [0.717, 1.165) is 39.2 Å². The summed E-state index contributed by atoms with van der Waals surface area (Å²) in [7, 11) is 0. The van der Waals surface area contributed by atoms with Crippen LogP contribution in [-0.2, 0) is 11.3 Å². The molecule has 172 valence electrons. The summed E-state index contributed by atoms with van der Waals surface area (Å²) in [4.78, 5) is 16.9. The van der Waals surface area contributed by atoms with E-state index in [1.165, 1.54) is 16.8 Å². The summed E-state index contributed by atoms with van der Waals surface area (Å²) < 4.78 is 8.02. The van der Waals surface area contributed by atoms with E-state index < -0.39 is 5.91 Å². The van der Waals surface area contributed by atoms with E-state index in [-0.39, 0.29) is 11.4 Å². The van der Waals surface area contributed by atoms with Gasteiger partial charge in [0.2, 0.25) is 5.17 Å². The van der Waals surface area contributed by atoms with Gasteiger partial charge in [-0.1, -0.05) is 36.7 Å². The summed E-state index contributed by atoms with van der Waals surface area (Å²) in [5.41, 5.74) is 3.06. The molecule has 1 aromatic heterocycles. The fraction of sp³-hybridized carbons (Fsp3) is 0.200. The minimum Gasteiger partial charge on any atom is -0.492 e. The van der Waals surface area contributed by atoms with Crippen molar-refractivity contribution in [3.8, 4) is 5.75 Å². The highest BCUT2D eigenvalue weighted by Crippen LogP contribution is 2.31. The van der Waals surface area contributed by atoms with Gasteiger partial charge < -0.3 is 9.30 Å². The monoisotopic (exact) mass is 491 g/mol. The average Bonchev–Trinajstić information content (AvgIpc) is 3.40. The number of rotatable bonds is 6. The zero-order valence-electron chi connectivity index (χ0n) is 18.7. The number of hydrogen-bond donors (Lipinski definition) is 1. The van der Waals surface area contributed by atoms with E-state index in [1.54, 1.807) is 6.08 Å². The van der Waals surface area contributed by atoms with Gasteiger partial charge >= 0.3 is 0 Å². The van der Waals surface area contributed by atoms with Gasteiger partial charge in [-0.3, -0.25) is 10.2 Å². The van der Waals surface area contributed by atoms with Crippen LogP contribution < -0.4 is 4.74 Å². The van der Waals surface area contributed by atoms with Crippen LogP contribution in [0.4, 0.5) is 0 Å². The lowest BCUT2D eigenvalue weighted by Crippen LogP contribution is -2.35. The molecule has 0 saturated heterocycles. The van der Waals surface area contributed by atoms with Crippen LogP contribution in [0.3, 0.4) is 0 Å². The number of amides is 1. The Labute approximate surface area is 206 Å². The predicted octanol–water partition coefficient (Wildman–Crippen LogP) is 5.71. The Kier molecular flexibility index (Phi) is 6.02. The summed E-state index contributed by atoms with van der Waals surface area (Å²) in [5, 5.41) is 17.4. The topological polar surface area (TPSA) is 83.0 Å². The number of nitrogens with zero attached hydrogens (tertiary/aromatic N) is 4. The smallest absolute Gasteiger partial charge is 0.283 e. The van der Waals surface area contributed by atoms with Gasteiger partial charge in [-0.05, 0) is 61.0 Å². The van der Waals surface area contributed by atoms with E-state index in [2.05, 4.69) is 14.7 Å². The van der Waals surface area contributed by atoms with Gasteiger partial charge in [0.15, 0.2) is 5.84 Å². The average molecular weight is 492 g/mol. The first-order chi connectivity index (χ1) is 16.4. The number of hydrogen-bond acceptors (Lipinski definition) is 5. The molecule has 5 rings (SSSR count). The van der Waals surface area contributed by atoms with Gasteiger partial charge in [0.25, 0.3) is 5.91 Å². The van der Waals surface area contributed by atoms with E-state index >= 15 is 0 Å². The van der Waals surface area contributed by atoms with Crippen LogP contribution in [0.1, 0.15) is 24.5 Å². The van der Waals surface area contributed by atoms with Crippen LogP contribution in [-0.4, -0.2) is 38.1 Å². The molecule has 2 aliphatic heterocycles. The van der Waals surface area contributed by atoms with E-state index in [1.807, 2.05) is 62.5 Å². The number of aliphatic imine (C=N–C) groups is 1. The number of amidine groups is 2.